The van der Waals surface area contributed by atoms with Gasteiger partial charge < -0.3 is 15.4 Å². The molecular formula is C11H22N2OS. The summed E-state index contributed by atoms with van der Waals surface area (Å²) in [5.74, 6) is 0. The van der Waals surface area contributed by atoms with E-state index in [1.807, 2.05) is 0 Å². The second-order valence-corrected chi connectivity index (χ2v) is 5.03. The lowest BCUT2D eigenvalue weighted by Crippen LogP contribution is -2.41. The summed E-state index contributed by atoms with van der Waals surface area (Å²) in [7, 11) is 1.69. The molecule has 0 heterocycles. The van der Waals surface area contributed by atoms with E-state index in [0.29, 0.717) is 12.0 Å². The Kier molecular flexibility index (Phi) is 5.32. The third kappa shape index (κ3) is 4.80. The summed E-state index contributed by atoms with van der Waals surface area (Å²) in [6.07, 6.45) is 5.37. The van der Waals surface area contributed by atoms with E-state index in [-0.39, 0.29) is 0 Å². The number of hydrogen-bond acceptors (Lipinski definition) is 2. The van der Waals surface area contributed by atoms with Crippen LogP contribution < -0.4 is 10.6 Å². The third-order valence-corrected chi connectivity index (χ3v) is 3.37. The maximum absolute atomic E-state index is 5.17. The molecule has 1 fully saturated rings. The Morgan fingerprint density at radius 1 is 1.33 bits per heavy atom. The monoisotopic (exact) mass is 230 g/mol. The molecule has 1 saturated carbocycles. The predicted molar refractivity (Wildman–Crippen MR) is 67.1 cm³/mol. The lowest BCUT2D eigenvalue weighted by atomic mass is 9.89. The number of nitrogens with one attached hydrogen (secondary N) is 2. The lowest BCUT2D eigenvalue weighted by molar-refractivity contribution is 0.203. The minimum absolute atomic E-state index is 0.451. The Hall–Kier alpha value is -0.350. The largest absolute Gasteiger partial charge is 0.383 e. The summed E-state index contributed by atoms with van der Waals surface area (Å²) in [5.41, 5.74) is 0.451. The van der Waals surface area contributed by atoms with Crippen molar-refractivity contribution in [2.45, 2.75) is 32.6 Å². The second-order valence-electron chi connectivity index (χ2n) is 4.62. The molecule has 15 heavy (non-hydrogen) atoms. The van der Waals surface area contributed by atoms with Crippen LogP contribution >= 0.6 is 12.2 Å². The van der Waals surface area contributed by atoms with Gasteiger partial charge in [0.15, 0.2) is 5.11 Å². The van der Waals surface area contributed by atoms with E-state index in [1.54, 1.807) is 7.11 Å². The standard InChI is InChI=1S/C11H22N2OS/c1-11(5-3-4-6-11)9-13-10(15)12-7-8-14-2/h3-9H2,1-2H3,(H2,12,13,15). The highest BCUT2D eigenvalue weighted by atomic mass is 32.1. The molecule has 0 aromatic carbocycles. The quantitative estimate of drug-likeness (QED) is 0.556. The van der Waals surface area contributed by atoms with Crippen LogP contribution in [0.5, 0.6) is 0 Å². The fraction of sp³-hybridized carbons (Fsp3) is 0.909. The van der Waals surface area contributed by atoms with Gasteiger partial charge in [0.2, 0.25) is 0 Å². The molecule has 0 saturated heterocycles. The molecule has 0 aromatic heterocycles. The number of thiocarbonyl (C=S) groups is 1. The summed E-state index contributed by atoms with van der Waals surface area (Å²) >= 11 is 5.17. The van der Waals surface area contributed by atoms with Crippen LogP contribution in [-0.2, 0) is 4.74 Å². The van der Waals surface area contributed by atoms with Crippen molar-refractivity contribution in [2.24, 2.45) is 5.41 Å². The fourth-order valence-electron chi connectivity index (χ4n) is 2.03. The first-order chi connectivity index (χ1) is 7.16. The number of rotatable bonds is 5. The molecule has 2 N–H and O–H groups in total. The van der Waals surface area contributed by atoms with Gasteiger partial charge >= 0.3 is 0 Å². The lowest BCUT2D eigenvalue weighted by Gasteiger charge is -2.24. The van der Waals surface area contributed by atoms with Crippen LogP contribution in [0.2, 0.25) is 0 Å². The molecule has 88 valence electrons. The van der Waals surface area contributed by atoms with Gasteiger partial charge in [-0.05, 0) is 30.5 Å². The average Bonchev–Trinajstić information content (AvgIpc) is 2.64. The van der Waals surface area contributed by atoms with Crippen molar-refractivity contribution in [1.29, 1.82) is 0 Å². The van der Waals surface area contributed by atoms with Crippen molar-refractivity contribution in [1.82, 2.24) is 10.6 Å². The third-order valence-electron chi connectivity index (χ3n) is 3.08. The van der Waals surface area contributed by atoms with E-state index in [4.69, 9.17) is 17.0 Å². The average molecular weight is 230 g/mol. The zero-order valence-electron chi connectivity index (χ0n) is 9.77. The summed E-state index contributed by atoms with van der Waals surface area (Å²) < 4.78 is 4.94. The van der Waals surface area contributed by atoms with E-state index in [9.17, 15) is 0 Å². The van der Waals surface area contributed by atoms with Crippen molar-refractivity contribution in [3.8, 4) is 0 Å². The predicted octanol–water partition coefficient (Wildman–Crippen LogP) is 1.68. The van der Waals surface area contributed by atoms with E-state index in [2.05, 4.69) is 17.6 Å². The topological polar surface area (TPSA) is 33.3 Å². The van der Waals surface area contributed by atoms with Gasteiger partial charge in [0.1, 0.15) is 0 Å². The Labute approximate surface area is 98.0 Å². The highest BCUT2D eigenvalue weighted by molar-refractivity contribution is 7.80. The van der Waals surface area contributed by atoms with Crippen LogP contribution in [0, 0.1) is 5.41 Å². The SMILES string of the molecule is COCCNC(=S)NCC1(C)CCCC1. The van der Waals surface area contributed by atoms with Crippen molar-refractivity contribution in [3.05, 3.63) is 0 Å². The van der Waals surface area contributed by atoms with E-state index in [1.165, 1.54) is 25.7 Å². The molecule has 0 unspecified atom stereocenters. The molecule has 0 amide bonds. The van der Waals surface area contributed by atoms with Crippen molar-refractivity contribution in [3.63, 3.8) is 0 Å². The van der Waals surface area contributed by atoms with Crippen LogP contribution in [0.3, 0.4) is 0 Å². The first kappa shape index (κ1) is 12.7. The first-order valence-electron chi connectivity index (χ1n) is 5.67. The summed E-state index contributed by atoms with van der Waals surface area (Å²) in [6.45, 7) is 4.80. The zero-order chi connectivity index (χ0) is 11.1. The summed E-state index contributed by atoms with van der Waals surface area (Å²) in [6, 6.07) is 0. The smallest absolute Gasteiger partial charge is 0.166 e. The maximum Gasteiger partial charge on any atom is 0.166 e. The second kappa shape index (κ2) is 6.28. The molecule has 4 heteroatoms. The summed E-state index contributed by atoms with van der Waals surface area (Å²) in [5, 5.41) is 7.16. The maximum atomic E-state index is 5.17. The van der Waals surface area contributed by atoms with Crippen LogP contribution in [0.1, 0.15) is 32.6 Å². The molecule has 1 rings (SSSR count). The van der Waals surface area contributed by atoms with Gasteiger partial charge in [-0.25, -0.2) is 0 Å². The Morgan fingerprint density at radius 2 is 2.00 bits per heavy atom. The Morgan fingerprint density at radius 3 is 2.60 bits per heavy atom. The number of ether oxygens (including phenoxy) is 1. The van der Waals surface area contributed by atoms with Gasteiger partial charge in [-0.15, -0.1) is 0 Å². The van der Waals surface area contributed by atoms with Crippen LogP contribution in [0.15, 0.2) is 0 Å². The Bertz CT molecular complexity index is 203. The normalized spacial score (nSPS) is 18.8. The molecule has 1 aliphatic rings. The highest BCUT2D eigenvalue weighted by Gasteiger charge is 2.28. The van der Waals surface area contributed by atoms with E-state index in [0.717, 1.165) is 18.2 Å². The van der Waals surface area contributed by atoms with Crippen molar-refractivity contribution < 1.29 is 4.74 Å². The minimum atomic E-state index is 0.451. The fourth-order valence-corrected chi connectivity index (χ4v) is 2.20. The Balaban J connectivity index is 2.10. The molecule has 1 aliphatic carbocycles. The van der Waals surface area contributed by atoms with Crippen molar-refractivity contribution >= 4 is 17.3 Å². The van der Waals surface area contributed by atoms with Gasteiger partial charge in [-0.3, -0.25) is 0 Å². The van der Waals surface area contributed by atoms with Gasteiger partial charge in [-0.1, -0.05) is 19.8 Å². The van der Waals surface area contributed by atoms with Crippen LogP contribution in [0.4, 0.5) is 0 Å². The molecule has 0 atom stereocenters. The molecule has 0 radical (unpaired) electrons. The number of hydrogen-bond donors (Lipinski definition) is 2. The van der Waals surface area contributed by atoms with E-state index < -0.39 is 0 Å². The highest BCUT2D eigenvalue weighted by Crippen LogP contribution is 2.36. The molecule has 0 spiro atoms. The minimum Gasteiger partial charge on any atom is -0.383 e. The molecule has 3 nitrogen and oxygen atoms in total. The number of methoxy groups -OCH3 is 1. The van der Waals surface area contributed by atoms with Gasteiger partial charge in [0.05, 0.1) is 6.61 Å². The van der Waals surface area contributed by atoms with E-state index >= 15 is 0 Å². The van der Waals surface area contributed by atoms with Gasteiger partial charge in [0, 0.05) is 20.2 Å². The van der Waals surface area contributed by atoms with Crippen molar-refractivity contribution in [2.75, 3.05) is 26.8 Å². The van der Waals surface area contributed by atoms with Crippen LogP contribution in [0.25, 0.3) is 0 Å². The van der Waals surface area contributed by atoms with Gasteiger partial charge in [-0.2, -0.15) is 0 Å². The molecular weight excluding hydrogens is 208 g/mol. The first-order valence-corrected chi connectivity index (χ1v) is 6.08. The zero-order valence-corrected chi connectivity index (χ0v) is 10.6. The molecule has 0 bridgehead atoms. The van der Waals surface area contributed by atoms with Gasteiger partial charge in [0.25, 0.3) is 0 Å². The summed E-state index contributed by atoms with van der Waals surface area (Å²) in [4.78, 5) is 0. The molecule has 0 aromatic rings. The molecule has 0 aliphatic heterocycles. The van der Waals surface area contributed by atoms with Crippen LogP contribution in [-0.4, -0.2) is 31.9 Å².